The Labute approximate surface area is 162 Å². The largest absolute Gasteiger partial charge is 0.348 e. The van der Waals surface area contributed by atoms with Crippen LogP contribution in [0.5, 0.6) is 0 Å². The summed E-state index contributed by atoms with van der Waals surface area (Å²) in [5, 5.41) is 7.87. The van der Waals surface area contributed by atoms with Crippen molar-refractivity contribution in [3.05, 3.63) is 82.7 Å². The number of hydrogen-bond acceptors (Lipinski definition) is 4. The maximum atomic E-state index is 13.2. The molecule has 134 valence electrons. The number of carbonyl (C=O) groups excluding carboxylic acids is 1. The van der Waals surface area contributed by atoms with E-state index in [1.54, 1.807) is 35.4 Å². The van der Waals surface area contributed by atoms with E-state index >= 15 is 0 Å². The Balaban J connectivity index is 1.62. The zero-order valence-corrected chi connectivity index (χ0v) is 15.5. The maximum Gasteiger partial charge on any atom is 0.253 e. The zero-order valence-electron chi connectivity index (χ0n) is 13.9. The van der Waals surface area contributed by atoms with Gasteiger partial charge in [0, 0.05) is 24.3 Å². The third-order valence-corrected chi connectivity index (χ3v) is 4.49. The van der Waals surface area contributed by atoms with Crippen LogP contribution in [-0.2, 0) is 6.54 Å². The second-order valence-electron chi connectivity index (χ2n) is 5.82. The van der Waals surface area contributed by atoms with Gasteiger partial charge in [0.2, 0.25) is 0 Å². The Morgan fingerprint density at radius 3 is 2.74 bits per heavy atom. The number of pyridine rings is 2. The second-order valence-corrected chi connectivity index (χ2v) is 6.63. The molecule has 0 saturated heterocycles. The molecular weight excluding hydrogens is 413 g/mol. The number of carbonyl (C=O) groups is 1. The van der Waals surface area contributed by atoms with Gasteiger partial charge < -0.3 is 5.32 Å². The molecule has 8 heteroatoms. The molecule has 0 spiro atoms. The first-order valence-electron chi connectivity index (χ1n) is 8.08. The van der Waals surface area contributed by atoms with Crippen LogP contribution in [0.4, 0.5) is 4.39 Å². The summed E-state index contributed by atoms with van der Waals surface area (Å²) in [5.74, 6) is -0.573. The van der Waals surface area contributed by atoms with Gasteiger partial charge in [0.15, 0.2) is 0 Å². The monoisotopic (exact) mass is 425 g/mol. The molecule has 0 radical (unpaired) electrons. The molecule has 0 aliphatic carbocycles. The molecule has 0 unspecified atom stereocenters. The first-order chi connectivity index (χ1) is 13.1. The number of amides is 1. The van der Waals surface area contributed by atoms with E-state index in [1.165, 1.54) is 18.3 Å². The van der Waals surface area contributed by atoms with Crippen LogP contribution in [0.2, 0.25) is 0 Å². The van der Waals surface area contributed by atoms with Gasteiger partial charge in [-0.15, -0.1) is 0 Å². The predicted octanol–water partition coefficient (Wildman–Crippen LogP) is 3.65. The molecule has 27 heavy (non-hydrogen) atoms. The summed E-state index contributed by atoms with van der Waals surface area (Å²) >= 11 is 3.31. The average Bonchev–Trinajstić information content (AvgIpc) is 3.11. The van der Waals surface area contributed by atoms with Crippen LogP contribution >= 0.6 is 15.9 Å². The van der Waals surface area contributed by atoms with Crippen LogP contribution < -0.4 is 5.32 Å². The minimum atomic E-state index is -0.323. The van der Waals surface area contributed by atoms with E-state index in [9.17, 15) is 9.18 Å². The molecule has 0 bridgehead atoms. The number of benzene rings is 1. The lowest BCUT2D eigenvalue weighted by atomic mass is 10.1. The van der Waals surface area contributed by atoms with E-state index in [2.05, 4.69) is 36.3 Å². The number of fused-ring (bicyclic) bond motifs is 1. The fourth-order valence-electron chi connectivity index (χ4n) is 2.74. The quantitative estimate of drug-likeness (QED) is 0.506. The topological polar surface area (TPSA) is 72.7 Å². The highest BCUT2D eigenvalue weighted by Gasteiger charge is 2.15. The third-order valence-electron chi connectivity index (χ3n) is 4.06. The van der Waals surface area contributed by atoms with Crippen LogP contribution in [0.15, 0.2) is 65.8 Å². The molecule has 3 heterocycles. The van der Waals surface area contributed by atoms with Crippen molar-refractivity contribution in [2.24, 2.45) is 0 Å². The molecule has 0 aliphatic rings. The highest BCUT2D eigenvalue weighted by atomic mass is 79.9. The normalized spacial score (nSPS) is 10.9. The van der Waals surface area contributed by atoms with Crippen molar-refractivity contribution in [2.75, 3.05) is 0 Å². The van der Waals surface area contributed by atoms with Gasteiger partial charge in [0.05, 0.1) is 29.2 Å². The summed E-state index contributed by atoms with van der Waals surface area (Å²) in [5.41, 5.74) is 2.70. The van der Waals surface area contributed by atoms with Gasteiger partial charge in [-0.1, -0.05) is 0 Å². The van der Waals surface area contributed by atoms with Gasteiger partial charge in [0.25, 0.3) is 5.91 Å². The summed E-state index contributed by atoms with van der Waals surface area (Å²) in [6.45, 7) is 0.364. The van der Waals surface area contributed by atoms with Crippen molar-refractivity contribution in [3.8, 4) is 5.69 Å². The second kappa shape index (κ2) is 7.24. The minimum absolute atomic E-state index is 0.250. The third kappa shape index (κ3) is 3.56. The van der Waals surface area contributed by atoms with Crippen molar-refractivity contribution >= 4 is 32.7 Å². The zero-order chi connectivity index (χ0) is 18.8. The Bertz CT molecular complexity index is 1130. The molecule has 0 atom stereocenters. The Kier molecular flexibility index (Phi) is 4.64. The molecular formula is C19H13BrFN5O. The smallest absolute Gasteiger partial charge is 0.253 e. The predicted molar refractivity (Wildman–Crippen MR) is 102 cm³/mol. The number of hydrogen-bond donors (Lipinski definition) is 1. The molecule has 4 rings (SSSR count). The van der Waals surface area contributed by atoms with Crippen molar-refractivity contribution in [2.45, 2.75) is 6.54 Å². The summed E-state index contributed by atoms with van der Waals surface area (Å²) in [4.78, 5) is 20.9. The number of aromatic nitrogens is 4. The number of halogens is 2. The summed E-state index contributed by atoms with van der Waals surface area (Å²) < 4.78 is 15.5. The number of rotatable bonds is 4. The summed E-state index contributed by atoms with van der Waals surface area (Å²) in [6, 6.07) is 9.63. The van der Waals surface area contributed by atoms with Crippen molar-refractivity contribution in [1.29, 1.82) is 0 Å². The summed E-state index contributed by atoms with van der Waals surface area (Å²) in [6.07, 6.45) is 6.41. The lowest BCUT2D eigenvalue weighted by Gasteiger charge is -2.07. The molecule has 6 nitrogen and oxygen atoms in total. The first kappa shape index (κ1) is 17.3. The number of nitrogens with zero attached hydrogens (tertiary/aromatic N) is 4. The number of nitrogens with one attached hydrogen (secondary N) is 1. The fourth-order valence-corrected chi connectivity index (χ4v) is 3.15. The lowest BCUT2D eigenvalue weighted by molar-refractivity contribution is 0.0952. The molecule has 0 fully saturated rings. The van der Waals surface area contributed by atoms with E-state index in [1.807, 2.05) is 12.1 Å². The van der Waals surface area contributed by atoms with E-state index < -0.39 is 0 Å². The summed E-state index contributed by atoms with van der Waals surface area (Å²) in [7, 11) is 0. The Hall–Kier alpha value is -3.13. The van der Waals surface area contributed by atoms with E-state index in [0.717, 1.165) is 5.56 Å². The standard InChI is InChI=1S/C19H13BrFN5O/c20-18-7-12(5-6-23-18)8-24-19(27)16-9-22-11-17-15(16)10-25-26(17)14-3-1-13(21)2-4-14/h1-7,9-11H,8H2,(H,24,27). The van der Waals surface area contributed by atoms with Crippen LogP contribution in [0.3, 0.4) is 0 Å². The van der Waals surface area contributed by atoms with Gasteiger partial charge in [-0.2, -0.15) is 5.10 Å². The molecule has 3 aromatic heterocycles. The molecule has 1 N–H and O–H groups in total. The average molecular weight is 426 g/mol. The first-order valence-corrected chi connectivity index (χ1v) is 8.87. The van der Waals surface area contributed by atoms with E-state index in [0.29, 0.717) is 33.3 Å². The van der Waals surface area contributed by atoms with Crippen LogP contribution in [0.1, 0.15) is 15.9 Å². The molecule has 1 aromatic carbocycles. The van der Waals surface area contributed by atoms with Crippen molar-refractivity contribution in [3.63, 3.8) is 0 Å². The Morgan fingerprint density at radius 1 is 1.15 bits per heavy atom. The molecule has 0 aliphatic heterocycles. The fraction of sp³-hybridized carbons (Fsp3) is 0.0526. The lowest BCUT2D eigenvalue weighted by Crippen LogP contribution is -2.23. The van der Waals surface area contributed by atoms with Gasteiger partial charge in [-0.3, -0.25) is 9.78 Å². The van der Waals surface area contributed by atoms with E-state index in [4.69, 9.17) is 0 Å². The minimum Gasteiger partial charge on any atom is -0.348 e. The molecule has 1 amide bonds. The highest BCUT2D eigenvalue weighted by molar-refractivity contribution is 9.10. The Morgan fingerprint density at radius 2 is 1.96 bits per heavy atom. The van der Waals surface area contributed by atoms with Crippen molar-refractivity contribution in [1.82, 2.24) is 25.1 Å². The SMILES string of the molecule is O=C(NCc1ccnc(Br)c1)c1cncc2c1cnn2-c1ccc(F)cc1. The molecule has 0 saturated carbocycles. The van der Waals surface area contributed by atoms with Gasteiger partial charge in [0.1, 0.15) is 10.4 Å². The highest BCUT2D eigenvalue weighted by Crippen LogP contribution is 2.21. The van der Waals surface area contributed by atoms with Gasteiger partial charge in [-0.25, -0.2) is 14.1 Å². The van der Waals surface area contributed by atoms with Gasteiger partial charge in [-0.05, 0) is 57.9 Å². The van der Waals surface area contributed by atoms with Crippen molar-refractivity contribution < 1.29 is 9.18 Å². The van der Waals surface area contributed by atoms with Crippen LogP contribution in [0, 0.1) is 5.82 Å². The molecule has 4 aromatic rings. The van der Waals surface area contributed by atoms with Gasteiger partial charge >= 0.3 is 0 Å². The van der Waals surface area contributed by atoms with Crippen LogP contribution in [-0.4, -0.2) is 25.7 Å². The van der Waals surface area contributed by atoms with E-state index in [-0.39, 0.29) is 11.7 Å². The van der Waals surface area contributed by atoms with Crippen LogP contribution in [0.25, 0.3) is 16.6 Å². The maximum absolute atomic E-state index is 13.2.